The number of oxazole rings is 1. The summed E-state index contributed by atoms with van der Waals surface area (Å²) in [7, 11) is 0. The molecule has 0 spiro atoms. The van der Waals surface area contributed by atoms with Gasteiger partial charge in [-0.15, -0.1) is 0 Å². The van der Waals surface area contributed by atoms with Crippen LogP contribution in [0, 0.1) is 5.92 Å². The summed E-state index contributed by atoms with van der Waals surface area (Å²) in [5.41, 5.74) is 2.52. The molecule has 1 saturated heterocycles. The molecule has 1 aliphatic rings. The molecule has 5 heteroatoms. The van der Waals surface area contributed by atoms with E-state index >= 15 is 0 Å². The zero-order chi connectivity index (χ0) is 13.1. The maximum absolute atomic E-state index is 11.1. The van der Waals surface area contributed by atoms with Gasteiger partial charge in [-0.1, -0.05) is 6.07 Å². The Morgan fingerprint density at radius 1 is 1.42 bits per heavy atom. The largest absolute Gasteiger partial charge is 0.417 e. The minimum Gasteiger partial charge on any atom is -0.408 e. The van der Waals surface area contributed by atoms with Gasteiger partial charge in [0.05, 0.1) is 5.52 Å². The average molecular weight is 261 g/mol. The second-order valence-electron chi connectivity index (χ2n) is 5.19. The van der Waals surface area contributed by atoms with Crippen molar-refractivity contribution in [3.63, 3.8) is 0 Å². The Hall–Kier alpha value is -1.59. The molecule has 1 aromatic heterocycles. The topological polar surface area (TPSA) is 70.1 Å². The van der Waals surface area contributed by atoms with E-state index in [1.807, 2.05) is 18.2 Å². The third kappa shape index (κ3) is 3.05. The van der Waals surface area contributed by atoms with Crippen molar-refractivity contribution >= 4 is 11.1 Å². The van der Waals surface area contributed by atoms with Gasteiger partial charge < -0.3 is 15.1 Å². The van der Waals surface area contributed by atoms with E-state index in [9.17, 15) is 4.79 Å². The number of aromatic amines is 1. The van der Waals surface area contributed by atoms with E-state index in [-0.39, 0.29) is 0 Å². The number of H-pyrrole nitrogens is 1. The van der Waals surface area contributed by atoms with E-state index in [0.29, 0.717) is 5.58 Å². The Labute approximate surface area is 111 Å². The lowest BCUT2D eigenvalue weighted by molar-refractivity contribution is 0.360. The van der Waals surface area contributed by atoms with Crippen molar-refractivity contribution < 1.29 is 4.42 Å². The summed E-state index contributed by atoms with van der Waals surface area (Å²) in [5, 5.41) is 6.89. The van der Waals surface area contributed by atoms with Crippen LogP contribution in [0.1, 0.15) is 18.4 Å². The summed E-state index contributed by atoms with van der Waals surface area (Å²) in [6.07, 6.45) is 2.57. The fourth-order valence-electron chi connectivity index (χ4n) is 2.62. The monoisotopic (exact) mass is 261 g/mol. The predicted octanol–water partition coefficient (Wildman–Crippen LogP) is 1.21. The van der Waals surface area contributed by atoms with E-state index in [2.05, 4.69) is 15.6 Å². The highest BCUT2D eigenvalue weighted by atomic mass is 16.4. The van der Waals surface area contributed by atoms with Crippen LogP contribution in [0.15, 0.2) is 27.4 Å². The van der Waals surface area contributed by atoms with Crippen molar-refractivity contribution in [2.45, 2.75) is 19.4 Å². The molecule has 3 rings (SSSR count). The lowest BCUT2D eigenvalue weighted by Gasteiger charge is -2.22. The van der Waals surface area contributed by atoms with Crippen LogP contribution in [0.4, 0.5) is 0 Å². The summed E-state index contributed by atoms with van der Waals surface area (Å²) in [6, 6.07) is 5.82. The van der Waals surface area contributed by atoms with Crippen LogP contribution in [-0.2, 0) is 6.54 Å². The van der Waals surface area contributed by atoms with Crippen molar-refractivity contribution in [2.24, 2.45) is 5.92 Å². The molecule has 102 valence electrons. The Morgan fingerprint density at radius 2 is 2.37 bits per heavy atom. The van der Waals surface area contributed by atoms with Gasteiger partial charge >= 0.3 is 5.76 Å². The van der Waals surface area contributed by atoms with Crippen LogP contribution in [0.5, 0.6) is 0 Å². The van der Waals surface area contributed by atoms with Gasteiger partial charge in [-0.25, -0.2) is 4.79 Å². The Balaban J connectivity index is 1.57. The molecule has 3 N–H and O–H groups in total. The maximum atomic E-state index is 11.1. The molecule has 2 aromatic rings. The Bertz CT molecular complexity index is 596. The molecule has 0 radical (unpaired) electrons. The summed E-state index contributed by atoms with van der Waals surface area (Å²) >= 11 is 0. The molecule has 0 amide bonds. The van der Waals surface area contributed by atoms with Gasteiger partial charge in [0.15, 0.2) is 5.58 Å². The first-order valence-electron chi connectivity index (χ1n) is 6.84. The zero-order valence-electron chi connectivity index (χ0n) is 10.9. The van der Waals surface area contributed by atoms with Gasteiger partial charge in [0.2, 0.25) is 0 Å². The quantitative estimate of drug-likeness (QED) is 0.773. The van der Waals surface area contributed by atoms with Gasteiger partial charge in [0.25, 0.3) is 0 Å². The second-order valence-corrected chi connectivity index (χ2v) is 5.19. The fraction of sp³-hybridized carbons (Fsp3) is 0.500. The van der Waals surface area contributed by atoms with Crippen molar-refractivity contribution in [3.05, 3.63) is 34.3 Å². The zero-order valence-corrected chi connectivity index (χ0v) is 10.9. The van der Waals surface area contributed by atoms with Crippen LogP contribution in [0.2, 0.25) is 0 Å². The van der Waals surface area contributed by atoms with Crippen LogP contribution < -0.4 is 16.4 Å². The number of hydrogen-bond donors (Lipinski definition) is 3. The third-order valence-electron chi connectivity index (χ3n) is 3.65. The highest BCUT2D eigenvalue weighted by Gasteiger charge is 2.12. The Morgan fingerprint density at radius 3 is 3.21 bits per heavy atom. The molecule has 2 heterocycles. The smallest absolute Gasteiger partial charge is 0.408 e. The average Bonchev–Trinajstić information content (AvgIpc) is 2.79. The molecule has 19 heavy (non-hydrogen) atoms. The molecule has 5 nitrogen and oxygen atoms in total. The van der Waals surface area contributed by atoms with Crippen molar-refractivity contribution in [1.82, 2.24) is 15.6 Å². The number of nitrogens with one attached hydrogen (secondary N) is 3. The molecular weight excluding hydrogens is 242 g/mol. The molecule has 1 aromatic carbocycles. The molecular formula is C14H19N3O2. The molecule has 0 saturated carbocycles. The SMILES string of the molecule is O=c1[nH]c2ccc(CNCC3CCCNC3)cc2o1. The Kier molecular flexibility index (Phi) is 3.66. The normalized spacial score (nSPS) is 19.9. The van der Waals surface area contributed by atoms with Gasteiger partial charge in [-0.05, 0) is 56.1 Å². The summed E-state index contributed by atoms with van der Waals surface area (Å²) in [6.45, 7) is 4.10. The van der Waals surface area contributed by atoms with Gasteiger partial charge in [0.1, 0.15) is 0 Å². The lowest BCUT2D eigenvalue weighted by Crippen LogP contribution is -2.35. The van der Waals surface area contributed by atoms with Crippen LogP contribution in [-0.4, -0.2) is 24.6 Å². The minimum absolute atomic E-state index is 0.395. The minimum atomic E-state index is -0.395. The highest BCUT2D eigenvalue weighted by Crippen LogP contribution is 2.13. The number of benzene rings is 1. The number of aromatic nitrogens is 1. The maximum Gasteiger partial charge on any atom is 0.417 e. The lowest BCUT2D eigenvalue weighted by atomic mass is 10.00. The first-order chi connectivity index (χ1) is 9.31. The molecule has 1 fully saturated rings. The molecule has 0 aliphatic carbocycles. The van der Waals surface area contributed by atoms with Gasteiger partial charge in [-0.3, -0.25) is 4.98 Å². The second kappa shape index (κ2) is 5.59. The number of hydrogen-bond acceptors (Lipinski definition) is 4. The van der Waals surface area contributed by atoms with E-state index in [0.717, 1.165) is 43.2 Å². The van der Waals surface area contributed by atoms with Gasteiger partial charge in [0, 0.05) is 6.54 Å². The van der Waals surface area contributed by atoms with Crippen molar-refractivity contribution in [1.29, 1.82) is 0 Å². The van der Waals surface area contributed by atoms with Gasteiger partial charge in [-0.2, -0.15) is 0 Å². The standard InChI is InChI=1S/C14H19N3O2/c18-14-17-12-4-3-10(6-13(12)19-14)7-16-9-11-2-1-5-15-8-11/h3-4,6,11,15-16H,1-2,5,7-9H2,(H,17,18). The first-order valence-corrected chi connectivity index (χ1v) is 6.84. The van der Waals surface area contributed by atoms with Crippen LogP contribution >= 0.6 is 0 Å². The summed E-state index contributed by atoms with van der Waals surface area (Å²) in [5.74, 6) is 0.330. The summed E-state index contributed by atoms with van der Waals surface area (Å²) < 4.78 is 5.06. The molecule has 1 aliphatic heterocycles. The number of piperidine rings is 1. The van der Waals surface area contributed by atoms with Crippen molar-refractivity contribution in [2.75, 3.05) is 19.6 Å². The van der Waals surface area contributed by atoms with E-state index in [1.54, 1.807) is 0 Å². The molecule has 1 unspecified atom stereocenters. The molecule has 1 atom stereocenters. The van der Waals surface area contributed by atoms with E-state index in [1.165, 1.54) is 12.8 Å². The van der Waals surface area contributed by atoms with E-state index in [4.69, 9.17) is 4.42 Å². The first kappa shape index (κ1) is 12.4. The molecule has 0 bridgehead atoms. The van der Waals surface area contributed by atoms with Crippen LogP contribution in [0.3, 0.4) is 0 Å². The fourth-order valence-corrected chi connectivity index (χ4v) is 2.62. The predicted molar refractivity (Wildman–Crippen MR) is 74.1 cm³/mol. The highest BCUT2D eigenvalue weighted by molar-refractivity contribution is 5.72. The number of rotatable bonds is 4. The van der Waals surface area contributed by atoms with Crippen molar-refractivity contribution in [3.8, 4) is 0 Å². The van der Waals surface area contributed by atoms with E-state index < -0.39 is 5.76 Å². The van der Waals surface area contributed by atoms with Crippen LogP contribution in [0.25, 0.3) is 11.1 Å². The summed E-state index contributed by atoms with van der Waals surface area (Å²) in [4.78, 5) is 13.7. The third-order valence-corrected chi connectivity index (χ3v) is 3.65. The number of fused-ring (bicyclic) bond motifs is 1.